The second-order valence-electron chi connectivity index (χ2n) is 7.13. The second-order valence-corrected chi connectivity index (χ2v) is 7.13. The highest BCUT2D eigenvalue weighted by molar-refractivity contribution is 5.96. The highest BCUT2D eigenvalue weighted by Gasteiger charge is 2.37. The molecule has 4 rings (SSSR count). The van der Waals surface area contributed by atoms with Crippen LogP contribution in [0.15, 0.2) is 54.6 Å². The summed E-state index contributed by atoms with van der Waals surface area (Å²) in [5.41, 5.74) is 2.95. The third-order valence-corrected chi connectivity index (χ3v) is 5.32. The van der Waals surface area contributed by atoms with Gasteiger partial charge in [-0.3, -0.25) is 4.79 Å². The van der Waals surface area contributed by atoms with E-state index < -0.39 is 0 Å². The minimum Gasteiger partial charge on any atom is -0.349 e. The van der Waals surface area contributed by atoms with Crippen molar-refractivity contribution < 1.29 is 9.59 Å². The van der Waals surface area contributed by atoms with E-state index in [1.165, 1.54) is 5.56 Å². The van der Waals surface area contributed by atoms with Crippen LogP contribution in [0.1, 0.15) is 40.7 Å². The van der Waals surface area contributed by atoms with E-state index in [0.29, 0.717) is 0 Å². The molecule has 2 aromatic carbocycles. The van der Waals surface area contributed by atoms with Crippen LogP contribution in [0.4, 0.5) is 4.79 Å². The van der Waals surface area contributed by atoms with Gasteiger partial charge in [-0.15, -0.1) is 0 Å². The molecule has 3 amide bonds. The first-order chi connectivity index (χ1) is 12.7. The van der Waals surface area contributed by atoms with Gasteiger partial charge < -0.3 is 16.0 Å². The summed E-state index contributed by atoms with van der Waals surface area (Å²) in [4.78, 5) is 24.3. The van der Waals surface area contributed by atoms with Gasteiger partial charge >= 0.3 is 6.03 Å². The molecular formula is C21H23N3O2. The van der Waals surface area contributed by atoms with E-state index >= 15 is 0 Å². The van der Waals surface area contributed by atoms with Gasteiger partial charge in [0.05, 0.1) is 12.1 Å². The van der Waals surface area contributed by atoms with E-state index in [9.17, 15) is 9.59 Å². The number of amides is 3. The zero-order valence-corrected chi connectivity index (χ0v) is 14.6. The number of fused-ring (bicyclic) bond motifs is 1. The van der Waals surface area contributed by atoms with Gasteiger partial charge in [0.25, 0.3) is 5.91 Å². The summed E-state index contributed by atoms with van der Waals surface area (Å²) in [6.45, 7) is 0. The maximum absolute atomic E-state index is 12.9. The van der Waals surface area contributed by atoms with Crippen molar-refractivity contribution in [2.24, 2.45) is 0 Å². The fraction of sp³-hybridized carbons (Fsp3) is 0.333. The fourth-order valence-electron chi connectivity index (χ4n) is 3.99. The molecule has 0 radical (unpaired) electrons. The first-order valence-corrected chi connectivity index (χ1v) is 9.19. The number of hydrogen-bond donors (Lipinski definition) is 3. The molecule has 3 unspecified atom stereocenters. The summed E-state index contributed by atoms with van der Waals surface area (Å²) in [5, 5.41) is 9.05. The number of nitrogens with one attached hydrogen (secondary N) is 3. The lowest BCUT2D eigenvalue weighted by atomic mass is 9.87. The molecule has 2 fully saturated rings. The lowest BCUT2D eigenvalue weighted by Gasteiger charge is -2.31. The van der Waals surface area contributed by atoms with E-state index in [1.807, 2.05) is 42.5 Å². The molecule has 1 aliphatic heterocycles. The Morgan fingerprint density at radius 3 is 2.54 bits per heavy atom. The highest BCUT2D eigenvalue weighted by atomic mass is 16.2. The van der Waals surface area contributed by atoms with Gasteiger partial charge in [-0.2, -0.15) is 0 Å². The average molecular weight is 349 g/mol. The summed E-state index contributed by atoms with van der Waals surface area (Å²) >= 11 is 0. The van der Waals surface area contributed by atoms with Crippen molar-refractivity contribution in [2.45, 2.75) is 43.8 Å². The minimum absolute atomic E-state index is 0.0303. The van der Waals surface area contributed by atoms with E-state index in [-0.39, 0.29) is 30.1 Å². The standard InChI is InChI=1S/C21H23N3O2/c25-20(22-16-10-11-18-19(13-16)24-21(26)23-18)17-9-5-4-8-15(17)12-14-6-2-1-3-7-14/h1-9,16,18-19H,10-13H2,(H,22,25)(H2,23,24,26). The third kappa shape index (κ3) is 3.57. The number of hydrogen-bond acceptors (Lipinski definition) is 2. The number of rotatable bonds is 4. The Morgan fingerprint density at radius 2 is 1.69 bits per heavy atom. The van der Waals surface area contributed by atoms with Gasteiger partial charge in [-0.1, -0.05) is 48.5 Å². The Hall–Kier alpha value is -2.82. The van der Waals surface area contributed by atoms with E-state index in [4.69, 9.17) is 0 Å². The molecule has 2 aliphatic rings. The lowest BCUT2D eigenvalue weighted by Crippen LogP contribution is -2.47. The van der Waals surface area contributed by atoms with Crippen LogP contribution in [0.2, 0.25) is 0 Å². The number of benzene rings is 2. The first kappa shape index (κ1) is 16.6. The van der Waals surface area contributed by atoms with Crippen molar-refractivity contribution >= 4 is 11.9 Å². The van der Waals surface area contributed by atoms with E-state index in [2.05, 4.69) is 28.1 Å². The Kier molecular flexibility index (Phi) is 4.61. The van der Waals surface area contributed by atoms with Crippen LogP contribution in [0.25, 0.3) is 0 Å². The van der Waals surface area contributed by atoms with Crippen molar-refractivity contribution in [1.82, 2.24) is 16.0 Å². The Morgan fingerprint density at radius 1 is 0.962 bits per heavy atom. The summed E-state index contributed by atoms with van der Waals surface area (Å²) in [6, 6.07) is 18.3. The van der Waals surface area contributed by atoms with Crippen LogP contribution in [0.5, 0.6) is 0 Å². The maximum Gasteiger partial charge on any atom is 0.315 e. The molecule has 1 aliphatic carbocycles. The summed E-state index contributed by atoms with van der Waals surface area (Å²) in [5.74, 6) is -0.0303. The van der Waals surface area contributed by atoms with Crippen LogP contribution < -0.4 is 16.0 Å². The minimum atomic E-state index is -0.0971. The topological polar surface area (TPSA) is 70.2 Å². The molecule has 26 heavy (non-hydrogen) atoms. The normalized spacial score (nSPS) is 24.3. The zero-order valence-electron chi connectivity index (χ0n) is 14.6. The number of urea groups is 1. The van der Waals surface area contributed by atoms with Crippen LogP contribution in [0.3, 0.4) is 0 Å². The summed E-state index contributed by atoms with van der Waals surface area (Å²) in [7, 11) is 0. The Balaban J connectivity index is 1.44. The predicted octanol–water partition coefficient (Wildman–Crippen LogP) is 2.61. The lowest BCUT2D eigenvalue weighted by molar-refractivity contribution is 0.0921. The summed E-state index contributed by atoms with van der Waals surface area (Å²) < 4.78 is 0. The van der Waals surface area contributed by atoms with Gasteiger partial charge in [0, 0.05) is 11.6 Å². The maximum atomic E-state index is 12.9. The number of carbonyl (C=O) groups excluding carboxylic acids is 2. The van der Waals surface area contributed by atoms with Gasteiger partial charge in [0.15, 0.2) is 0 Å². The van der Waals surface area contributed by atoms with Crippen LogP contribution >= 0.6 is 0 Å². The van der Waals surface area contributed by atoms with Gasteiger partial charge in [-0.25, -0.2) is 4.79 Å². The second kappa shape index (κ2) is 7.20. The largest absolute Gasteiger partial charge is 0.349 e. The van der Waals surface area contributed by atoms with Crippen LogP contribution in [-0.2, 0) is 6.42 Å². The van der Waals surface area contributed by atoms with Crippen LogP contribution in [-0.4, -0.2) is 30.1 Å². The van der Waals surface area contributed by atoms with Gasteiger partial charge in [0.2, 0.25) is 0 Å². The van der Waals surface area contributed by atoms with Crippen molar-refractivity contribution in [2.75, 3.05) is 0 Å². The molecule has 134 valence electrons. The molecule has 5 heteroatoms. The van der Waals surface area contributed by atoms with E-state index in [1.54, 1.807) is 0 Å². The van der Waals surface area contributed by atoms with Crippen LogP contribution in [0, 0.1) is 0 Å². The molecule has 0 spiro atoms. The molecule has 0 aromatic heterocycles. The molecule has 3 atom stereocenters. The third-order valence-electron chi connectivity index (χ3n) is 5.32. The van der Waals surface area contributed by atoms with E-state index in [0.717, 1.165) is 36.8 Å². The molecule has 0 bridgehead atoms. The molecule has 2 aromatic rings. The van der Waals surface area contributed by atoms with Gasteiger partial charge in [0.1, 0.15) is 0 Å². The van der Waals surface area contributed by atoms with Crippen molar-refractivity contribution in [3.63, 3.8) is 0 Å². The quantitative estimate of drug-likeness (QED) is 0.794. The van der Waals surface area contributed by atoms with Crippen molar-refractivity contribution in [3.05, 3.63) is 71.3 Å². The molecule has 3 N–H and O–H groups in total. The highest BCUT2D eigenvalue weighted by Crippen LogP contribution is 2.23. The smallest absolute Gasteiger partial charge is 0.315 e. The van der Waals surface area contributed by atoms with Gasteiger partial charge in [-0.05, 0) is 42.9 Å². The first-order valence-electron chi connectivity index (χ1n) is 9.19. The Labute approximate surface area is 153 Å². The zero-order chi connectivity index (χ0) is 17.9. The molecular weight excluding hydrogens is 326 g/mol. The SMILES string of the molecule is O=C1NC2CCC(NC(=O)c3ccccc3Cc3ccccc3)CC2N1. The predicted molar refractivity (Wildman–Crippen MR) is 100 cm³/mol. The summed E-state index contributed by atoms with van der Waals surface area (Å²) in [6.07, 6.45) is 3.28. The number of carbonyl (C=O) groups is 2. The molecule has 1 saturated carbocycles. The fourth-order valence-corrected chi connectivity index (χ4v) is 3.99. The monoisotopic (exact) mass is 349 g/mol. The Bertz CT molecular complexity index is 806. The molecule has 1 saturated heterocycles. The average Bonchev–Trinajstić information content (AvgIpc) is 3.02. The molecule has 5 nitrogen and oxygen atoms in total. The van der Waals surface area contributed by atoms with Crippen molar-refractivity contribution in [3.8, 4) is 0 Å². The molecule has 1 heterocycles. The van der Waals surface area contributed by atoms with Crippen molar-refractivity contribution in [1.29, 1.82) is 0 Å².